The van der Waals surface area contributed by atoms with Gasteiger partial charge in [0.2, 0.25) is 0 Å². The minimum Gasteiger partial charge on any atom is -0.452 e. The highest BCUT2D eigenvalue weighted by molar-refractivity contribution is 5.96. The van der Waals surface area contributed by atoms with Gasteiger partial charge in [-0.25, -0.2) is 9.78 Å². The van der Waals surface area contributed by atoms with Crippen LogP contribution in [0.5, 0.6) is 0 Å². The molecule has 0 radical (unpaired) electrons. The molecule has 0 aliphatic carbocycles. The third-order valence-electron chi connectivity index (χ3n) is 3.90. The van der Waals surface area contributed by atoms with Crippen molar-refractivity contribution in [3.8, 4) is 0 Å². The van der Waals surface area contributed by atoms with Gasteiger partial charge in [-0.1, -0.05) is 6.07 Å². The molecule has 1 heterocycles. The molecule has 3 N–H and O–H groups in total. The number of carbonyl (C=O) groups is 2. The zero-order valence-corrected chi connectivity index (χ0v) is 15.7. The Hall–Kier alpha value is -3.18. The number of halogens is 3. The Labute approximate surface area is 169 Å². The number of amides is 1. The van der Waals surface area contributed by atoms with Gasteiger partial charge in [0.05, 0.1) is 18.8 Å². The van der Waals surface area contributed by atoms with Crippen molar-refractivity contribution in [1.29, 1.82) is 0 Å². The molecular formula is C19H20F3N3O5. The summed E-state index contributed by atoms with van der Waals surface area (Å²) in [7, 11) is 0. The van der Waals surface area contributed by atoms with Gasteiger partial charge in [0.25, 0.3) is 5.91 Å². The first kappa shape index (κ1) is 23.1. The minimum atomic E-state index is -4.53. The van der Waals surface area contributed by atoms with E-state index in [9.17, 15) is 22.8 Å². The summed E-state index contributed by atoms with van der Waals surface area (Å²) >= 11 is 0. The third kappa shape index (κ3) is 6.42. The maximum atomic E-state index is 12.9. The summed E-state index contributed by atoms with van der Waals surface area (Å²) in [6, 6.07) is 7.14. The van der Waals surface area contributed by atoms with Crippen LogP contribution in [0, 0.1) is 0 Å². The number of benzene rings is 1. The fourth-order valence-corrected chi connectivity index (χ4v) is 2.48. The molecule has 0 saturated heterocycles. The molecule has 30 heavy (non-hydrogen) atoms. The normalized spacial score (nSPS) is 11.1. The van der Waals surface area contributed by atoms with E-state index in [1.54, 1.807) is 0 Å². The number of anilines is 2. The first-order chi connectivity index (χ1) is 14.3. The molecule has 0 aliphatic heterocycles. The molecule has 8 nitrogen and oxygen atoms in total. The van der Waals surface area contributed by atoms with Gasteiger partial charge in [0.1, 0.15) is 11.4 Å². The number of hydrogen-bond acceptors (Lipinski definition) is 7. The van der Waals surface area contributed by atoms with E-state index in [-0.39, 0.29) is 43.4 Å². The number of hydrogen-bond donors (Lipinski definition) is 3. The standard InChI is InChI=1S/C19H20F3N3O5/c20-19(21,22)13-3-1-4-14(11-13)24-17-15(5-2-6-23-17)18(29)30-12-16(28)25(7-9-26)8-10-27/h1-6,11,26-27H,7-10,12H2,(H,23,24). The Balaban J connectivity index is 2.11. The zero-order chi connectivity index (χ0) is 22.1. The lowest BCUT2D eigenvalue weighted by molar-refractivity contribution is -0.137. The smallest absolute Gasteiger partial charge is 0.416 e. The van der Waals surface area contributed by atoms with Crippen LogP contribution in [0.3, 0.4) is 0 Å². The summed E-state index contributed by atoms with van der Waals surface area (Å²) in [5.74, 6) is -1.58. The molecule has 0 saturated carbocycles. The Morgan fingerprint density at radius 1 is 1.10 bits per heavy atom. The molecular weight excluding hydrogens is 407 g/mol. The molecule has 2 rings (SSSR count). The highest BCUT2D eigenvalue weighted by Crippen LogP contribution is 2.31. The molecule has 11 heteroatoms. The second kappa shape index (κ2) is 10.6. The summed E-state index contributed by atoms with van der Waals surface area (Å²) in [5, 5.41) is 20.5. The van der Waals surface area contributed by atoms with Crippen LogP contribution in [-0.2, 0) is 15.7 Å². The number of ether oxygens (including phenoxy) is 1. The second-order valence-electron chi connectivity index (χ2n) is 6.01. The molecule has 0 aliphatic rings. The quantitative estimate of drug-likeness (QED) is 0.524. The van der Waals surface area contributed by atoms with Crippen LogP contribution in [0.2, 0.25) is 0 Å². The molecule has 0 atom stereocenters. The van der Waals surface area contributed by atoms with Gasteiger partial charge in [-0.15, -0.1) is 0 Å². The predicted molar refractivity (Wildman–Crippen MR) is 100.0 cm³/mol. The van der Waals surface area contributed by atoms with Gasteiger partial charge in [-0.2, -0.15) is 13.2 Å². The SMILES string of the molecule is O=C(OCC(=O)N(CCO)CCO)c1cccnc1Nc1cccc(C(F)(F)F)c1. The molecule has 162 valence electrons. The van der Waals surface area contributed by atoms with Gasteiger partial charge in [0, 0.05) is 25.0 Å². The number of pyridine rings is 1. The van der Waals surface area contributed by atoms with Crippen molar-refractivity contribution < 1.29 is 37.7 Å². The van der Waals surface area contributed by atoms with Crippen molar-refractivity contribution in [3.05, 3.63) is 53.7 Å². The number of aromatic nitrogens is 1. The van der Waals surface area contributed by atoms with Crippen molar-refractivity contribution in [2.24, 2.45) is 0 Å². The molecule has 0 bridgehead atoms. The fraction of sp³-hybridized carbons (Fsp3) is 0.316. The largest absolute Gasteiger partial charge is 0.452 e. The number of aliphatic hydroxyl groups is 2. The Bertz CT molecular complexity index is 870. The van der Waals surface area contributed by atoms with Crippen LogP contribution in [0.25, 0.3) is 0 Å². The van der Waals surface area contributed by atoms with Crippen LogP contribution >= 0.6 is 0 Å². The van der Waals surface area contributed by atoms with Gasteiger partial charge in [-0.05, 0) is 30.3 Å². The number of rotatable bonds is 9. The fourth-order valence-electron chi connectivity index (χ4n) is 2.48. The topological polar surface area (TPSA) is 112 Å². The Kier molecular flexibility index (Phi) is 8.13. The van der Waals surface area contributed by atoms with Crippen molar-refractivity contribution in [2.45, 2.75) is 6.18 Å². The summed E-state index contributed by atoms with van der Waals surface area (Å²) < 4.78 is 43.6. The highest BCUT2D eigenvalue weighted by Gasteiger charge is 2.30. The molecule has 0 spiro atoms. The van der Waals surface area contributed by atoms with Crippen LogP contribution in [0.1, 0.15) is 15.9 Å². The lowest BCUT2D eigenvalue weighted by Gasteiger charge is -2.20. The molecule has 2 aromatic rings. The lowest BCUT2D eigenvalue weighted by atomic mass is 10.2. The molecule has 1 amide bonds. The molecule has 0 unspecified atom stereocenters. The Morgan fingerprint density at radius 3 is 2.43 bits per heavy atom. The van der Waals surface area contributed by atoms with Crippen molar-refractivity contribution in [2.75, 3.05) is 38.2 Å². The van der Waals surface area contributed by atoms with Gasteiger partial charge < -0.3 is 25.2 Å². The monoisotopic (exact) mass is 427 g/mol. The Morgan fingerprint density at radius 2 is 1.80 bits per heavy atom. The number of esters is 1. The van der Waals surface area contributed by atoms with E-state index in [4.69, 9.17) is 14.9 Å². The van der Waals surface area contributed by atoms with Gasteiger partial charge in [0.15, 0.2) is 6.61 Å². The maximum Gasteiger partial charge on any atom is 0.416 e. The van der Waals surface area contributed by atoms with Gasteiger partial charge in [-0.3, -0.25) is 4.79 Å². The van der Waals surface area contributed by atoms with E-state index >= 15 is 0 Å². The molecule has 1 aromatic carbocycles. The first-order valence-corrected chi connectivity index (χ1v) is 8.82. The number of carbonyl (C=O) groups excluding carboxylic acids is 2. The van der Waals surface area contributed by atoms with E-state index in [1.807, 2.05) is 0 Å². The second-order valence-corrected chi connectivity index (χ2v) is 6.01. The van der Waals surface area contributed by atoms with E-state index < -0.39 is 30.2 Å². The van der Waals surface area contributed by atoms with E-state index in [2.05, 4.69) is 10.3 Å². The van der Waals surface area contributed by atoms with Gasteiger partial charge >= 0.3 is 12.1 Å². The van der Waals surface area contributed by atoms with Crippen LogP contribution < -0.4 is 5.32 Å². The maximum absolute atomic E-state index is 12.9. The minimum absolute atomic E-state index is 0.0355. The van der Waals surface area contributed by atoms with Crippen LogP contribution in [0.4, 0.5) is 24.7 Å². The highest BCUT2D eigenvalue weighted by atomic mass is 19.4. The predicted octanol–water partition coefficient (Wildman–Crippen LogP) is 1.81. The number of nitrogens with one attached hydrogen (secondary N) is 1. The summed E-state index contributed by atoms with van der Waals surface area (Å²) in [6.07, 6.45) is -3.19. The van der Waals surface area contributed by atoms with Crippen LogP contribution in [-0.4, -0.2) is 64.9 Å². The summed E-state index contributed by atoms with van der Waals surface area (Å²) in [5.41, 5.74) is -0.893. The van der Waals surface area contributed by atoms with E-state index in [0.717, 1.165) is 17.0 Å². The average Bonchev–Trinajstić information content (AvgIpc) is 2.71. The number of aliphatic hydroxyl groups excluding tert-OH is 2. The van der Waals surface area contributed by atoms with Crippen molar-refractivity contribution >= 4 is 23.4 Å². The summed E-state index contributed by atoms with van der Waals surface area (Å²) in [4.78, 5) is 29.5. The van der Waals surface area contributed by atoms with Crippen molar-refractivity contribution in [1.82, 2.24) is 9.88 Å². The average molecular weight is 427 g/mol. The number of alkyl halides is 3. The van der Waals surface area contributed by atoms with E-state index in [0.29, 0.717) is 0 Å². The molecule has 0 fully saturated rings. The zero-order valence-electron chi connectivity index (χ0n) is 15.7. The summed E-state index contributed by atoms with van der Waals surface area (Å²) in [6.45, 7) is -1.37. The molecule has 1 aromatic heterocycles. The first-order valence-electron chi connectivity index (χ1n) is 8.82. The number of nitrogens with zero attached hydrogens (tertiary/aromatic N) is 2. The third-order valence-corrected chi connectivity index (χ3v) is 3.90. The van der Waals surface area contributed by atoms with E-state index in [1.165, 1.54) is 30.5 Å². The van der Waals surface area contributed by atoms with Crippen molar-refractivity contribution in [3.63, 3.8) is 0 Å². The van der Waals surface area contributed by atoms with Crippen LogP contribution in [0.15, 0.2) is 42.6 Å². The lowest BCUT2D eigenvalue weighted by Crippen LogP contribution is -2.38.